The number of benzene rings is 2. The van der Waals surface area contributed by atoms with Gasteiger partial charge in [0.1, 0.15) is 0 Å². The minimum absolute atomic E-state index is 0.0356. The second-order valence-electron chi connectivity index (χ2n) is 7.92. The summed E-state index contributed by atoms with van der Waals surface area (Å²) in [7, 11) is 0. The highest BCUT2D eigenvalue weighted by Crippen LogP contribution is 2.33. The Kier molecular flexibility index (Phi) is 6.78. The molecule has 1 aliphatic rings. The third-order valence-electron chi connectivity index (χ3n) is 5.83. The molecule has 1 aromatic heterocycles. The average molecular weight is 455 g/mol. The number of rotatable bonds is 7. The zero-order valence-corrected chi connectivity index (χ0v) is 19.1. The van der Waals surface area contributed by atoms with Crippen LogP contribution in [0.25, 0.3) is 10.2 Å². The van der Waals surface area contributed by atoms with E-state index >= 15 is 0 Å². The van der Waals surface area contributed by atoms with Gasteiger partial charge in [0.25, 0.3) is 11.6 Å². The van der Waals surface area contributed by atoms with E-state index in [9.17, 15) is 14.9 Å². The van der Waals surface area contributed by atoms with E-state index in [4.69, 9.17) is 9.72 Å². The maximum atomic E-state index is 13.4. The van der Waals surface area contributed by atoms with Crippen LogP contribution >= 0.6 is 11.3 Å². The monoisotopic (exact) mass is 454 g/mol. The van der Waals surface area contributed by atoms with Crippen molar-refractivity contribution in [3.63, 3.8) is 0 Å². The van der Waals surface area contributed by atoms with Gasteiger partial charge in [0, 0.05) is 43.9 Å². The molecule has 4 rings (SSSR count). The van der Waals surface area contributed by atoms with Crippen LogP contribution in [0.3, 0.4) is 0 Å². The SMILES string of the molecule is Cc1ccc2sc(N(CCCN3CCOCC3)C(=O)c3ccc([N+](=O)[O-])cc3)nc2c1C. The molecule has 0 radical (unpaired) electrons. The van der Waals surface area contributed by atoms with Crippen molar-refractivity contribution >= 4 is 38.3 Å². The second kappa shape index (κ2) is 9.72. The summed E-state index contributed by atoms with van der Waals surface area (Å²) in [5.41, 5.74) is 3.57. The Morgan fingerprint density at radius 1 is 1.19 bits per heavy atom. The van der Waals surface area contributed by atoms with Crippen molar-refractivity contribution < 1.29 is 14.5 Å². The van der Waals surface area contributed by atoms with Gasteiger partial charge in [0.15, 0.2) is 5.13 Å². The molecule has 3 aromatic rings. The summed E-state index contributed by atoms with van der Waals surface area (Å²) in [6.45, 7) is 8.76. The van der Waals surface area contributed by atoms with Gasteiger partial charge < -0.3 is 4.74 Å². The van der Waals surface area contributed by atoms with Crippen molar-refractivity contribution in [3.8, 4) is 0 Å². The number of aromatic nitrogens is 1. The minimum atomic E-state index is -0.465. The van der Waals surface area contributed by atoms with Crippen molar-refractivity contribution in [3.05, 3.63) is 63.2 Å². The number of nitrogens with zero attached hydrogens (tertiary/aromatic N) is 4. The predicted molar refractivity (Wildman–Crippen MR) is 126 cm³/mol. The molecule has 0 atom stereocenters. The molecule has 0 unspecified atom stereocenters. The van der Waals surface area contributed by atoms with Crippen LogP contribution in [0.5, 0.6) is 0 Å². The van der Waals surface area contributed by atoms with E-state index in [1.807, 2.05) is 13.0 Å². The normalized spacial score (nSPS) is 14.6. The minimum Gasteiger partial charge on any atom is -0.379 e. The summed E-state index contributed by atoms with van der Waals surface area (Å²) in [4.78, 5) is 32.8. The van der Waals surface area contributed by atoms with E-state index in [0.717, 1.165) is 60.6 Å². The first kappa shape index (κ1) is 22.3. The van der Waals surface area contributed by atoms with Gasteiger partial charge in [-0.3, -0.25) is 24.7 Å². The van der Waals surface area contributed by atoms with E-state index in [0.29, 0.717) is 17.2 Å². The van der Waals surface area contributed by atoms with Crippen LogP contribution in [0.15, 0.2) is 36.4 Å². The molecule has 0 N–H and O–H groups in total. The number of carbonyl (C=O) groups is 1. The predicted octanol–water partition coefficient (Wildman–Crippen LogP) is 4.19. The molecule has 0 aliphatic carbocycles. The molecule has 0 bridgehead atoms. The number of thiazole rings is 1. The lowest BCUT2D eigenvalue weighted by molar-refractivity contribution is -0.384. The third-order valence-corrected chi connectivity index (χ3v) is 6.88. The van der Waals surface area contributed by atoms with Gasteiger partial charge >= 0.3 is 0 Å². The number of ether oxygens (including phenoxy) is 1. The zero-order valence-electron chi connectivity index (χ0n) is 18.2. The first-order chi connectivity index (χ1) is 15.4. The maximum absolute atomic E-state index is 13.4. The number of carbonyl (C=O) groups excluding carboxylic acids is 1. The number of hydrogen-bond acceptors (Lipinski definition) is 7. The van der Waals surface area contributed by atoms with Gasteiger partial charge in [-0.2, -0.15) is 0 Å². The van der Waals surface area contributed by atoms with Crippen molar-refractivity contribution in [2.24, 2.45) is 0 Å². The molecule has 2 aromatic carbocycles. The Bertz CT molecular complexity index is 1120. The van der Waals surface area contributed by atoms with Gasteiger partial charge in [-0.05, 0) is 49.6 Å². The molecule has 1 fully saturated rings. The number of hydrogen-bond donors (Lipinski definition) is 0. The number of nitro groups is 1. The summed E-state index contributed by atoms with van der Waals surface area (Å²) in [6, 6.07) is 9.87. The van der Waals surface area contributed by atoms with Crippen LogP contribution in [-0.2, 0) is 4.74 Å². The molecule has 0 saturated carbocycles. The number of nitro benzene ring substituents is 1. The van der Waals surface area contributed by atoms with Crippen LogP contribution in [0.4, 0.5) is 10.8 Å². The first-order valence-electron chi connectivity index (χ1n) is 10.7. The van der Waals surface area contributed by atoms with E-state index in [2.05, 4.69) is 17.9 Å². The van der Waals surface area contributed by atoms with Crippen LogP contribution < -0.4 is 4.90 Å². The van der Waals surface area contributed by atoms with E-state index in [1.54, 1.807) is 4.90 Å². The number of morpholine rings is 1. The van der Waals surface area contributed by atoms with Crippen LogP contribution in [0, 0.1) is 24.0 Å². The topological polar surface area (TPSA) is 88.8 Å². The van der Waals surface area contributed by atoms with E-state index in [-0.39, 0.29) is 11.6 Å². The molecule has 9 heteroatoms. The van der Waals surface area contributed by atoms with Gasteiger partial charge in [-0.1, -0.05) is 17.4 Å². The number of anilines is 1. The van der Waals surface area contributed by atoms with Crippen molar-refractivity contribution in [2.75, 3.05) is 44.3 Å². The van der Waals surface area contributed by atoms with Gasteiger partial charge in [-0.25, -0.2) is 4.98 Å². The summed E-state index contributed by atoms with van der Waals surface area (Å²) in [5, 5.41) is 11.6. The third kappa shape index (κ3) is 4.79. The first-order valence-corrected chi connectivity index (χ1v) is 11.5. The van der Waals surface area contributed by atoms with Crippen LogP contribution in [0.1, 0.15) is 27.9 Å². The maximum Gasteiger partial charge on any atom is 0.269 e. The van der Waals surface area contributed by atoms with E-state index < -0.39 is 4.92 Å². The molecule has 1 aliphatic heterocycles. The Labute approximate surface area is 190 Å². The molecule has 1 amide bonds. The molecule has 0 spiro atoms. The molecule has 2 heterocycles. The van der Waals surface area contributed by atoms with E-state index in [1.165, 1.54) is 35.6 Å². The van der Waals surface area contributed by atoms with Gasteiger partial charge in [0.05, 0.1) is 28.4 Å². The van der Waals surface area contributed by atoms with Crippen molar-refractivity contribution in [1.82, 2.24) is 9.88 Å². The number of aryl methyl sites for hydroxylation is 2. The molecule has 8 nitrogen and oxygen atoms in total. The standard InChI is InChI=1S/C23H26N4O4S/c1-16-4-9-20-21(17(16)2)24-23(32-20)26(11-3-10-25-12-14-31-15-13-25)22(28)18-5-7-19(8-6-18)27(29)30/h4-9H,3,10-15H2,1-2H3. The summed E-state index contributed by atoms with van der Waals surface area (Å²) in [5.74, 6) is -0.199. The smallest absolute Gasteiger partial charge is 0.269 e. The molecular formula is C23H26N4O4S. The number of amides is 1. The lowest BCUT2D eigenvalue weighted by Crippen LogP contribution is -2.39. The fourth-order valence-corrected chi connectivity index (χ4v) is 4.82. The van der Waals surface area contributed by atoms with Crippen LogP contribution in [-0.4, -0.2) is 60.1 Å². The highest BCUT2D eigenvalue weighted by atomic mass is 32.1. The number of non-ortho nitro benzene ring substituents is 1. The number of fused-ring (bicyclic) bond motifs is 1. The van der Waals surface area contributed by atoms with Crippen LogP contribution in [0.2, 0.25) is 0 Å². The van der Waals surface area contributed by atoms with Crippen molar-refractivity contribution in [1.29, 1.82) is 0 Å². The average Bonchev–Trinajstić information content (AvgIpc) is 3.24. The summed E-state index contributed by atoms with van der Waals surface area (Å²) < 4.78 is 6.45. The van der Waals surface area contributed by atoms with Gasteiger partial charge in [-0.15, -0.1) is 0 Å². The quantitative estimate of drug-likeness (QED) is 0.393. The second-order valence-corrected chi connectivity index (χ2v) is 8.93. The highest BCUT2D eigenvalue weighted by Gasteiger charge is 2.23. The fourth-order valence-electron chi connectivity index (χ4n) is 3.77. The molecular weight excluding hydrogens is 428 g/mol. The van der Waals surface area contributed by atoms with Crippen molar-refractivity contribution in [2.45, 2.75) is 20.3 Å². The highest BCUT2D eigenvalue weighted by molar-refractivity contribution is 7.22. The van der Waals surface area contributed by atoms with Gasteiger partial charge in [0.2, 0.25) is 0 Å². The Hall–Kier alpha value is -2.88. The molecule has 1 saturated heterocycles. The molecule has 32 heavy (non-hydrogen) atoms. The Morgan fingerprint density at radius 2 is 1.91 bits per heavy atom. The molecule has 168 valence electrons. The fraction of sp³-hybridized carbons (Fsp3) is 0.391. The lowest BCUT2D eigenvalue weighted by Gasteiger charge is -2.27. The lowest BCUT2D eigenvalue weighted by atomic mass is 10.1. The summed E-state index contributed by atoms with van der Waals surface area (Å²) in [6.07, 6.45) is 0.798. The Morgan fingerprint density at radius 3 is 2.59 bits per heavy atom. The Balaban J connectivity index is 1.60. The zero-order chi connectivity index (χ0) is 22.7. The summed E-state index contributed by atoms with van der Waals surface area (Å²) >= 11 is 1.50. The largest absolute Gasteiger partial charge is 0.379 e.